The van der Waals surface area contributed by atoms with E-state index in [9.17, 15) is 4.79 Å². The summed E-state index contributed by atoms with van der Waals surface area (Å²) >= 11 is 7.33. The number of thiophene rings is 1. The summed E-state index contributed by atoms with van der Waals surface area (Å²) in [5.41, 5.74) is 0. The summed E-state index contributed by atoms with van der Waals surface area (Å²) in [7, 11) is 0. The number of halogens is 1. The highest BCUT2D eigenvalue weighted by molar-refractivity contribution is 7.18. The molecule has 3 nitrogen and oxygen atoms in total. The smallest absolute Gasteiger partial charge is 0.189 e. The first-order chi connectivity index (χ1) is 10.1. The number of hydrogen-bond donors (Lipinski definition) is 0. The molecule has 0 saturated carbocycles. The number of ketones is 1. The van der Waals surface area contributed by atoms with Gasteiger partial charge in [-0.25, -0.2) is 0 Å². The molecule has 0 aliphatic carbocycles. The molecule has 2 aliphatic rings. The van der Waals surface area contributed by atoms with Crippen LogP contribution in [0, 0.1) is 0 Å². The van der Waals surface area contributed by atoms with Crippen LogP contribution >= 0.6 is 22.9 Å². The third kappa shape index (κ3) is 3.50. The molecule has 1 aromatic heterocycles. The zero-order valence-electron chi connectivity index (χ0n) is 12.6. The Hall–Kier alpha value is -0.420. The lowest BCUT2D eigenvalue weighted by molar-refractivity contribution is 0.0854. The maximum Gasteiger partial charge on any atom is 0.189 e. The molecule has 0 radical (unpaired) electrons. The van der Waals surface area contributed by atoms with Gasteiger partial charge in [-0.3, -0.25) is 14.6 Å². The summed E-state index contributed by atoms with van der Waals surface area (Å²) in [5.74, 6) is 0.214. The van der Waals surface area contributed by atoms with Gasteiger partial charge in [0.15, 0.2) is 5.78 Å². The molecule has 1 aromatic rings. The number of rotatable bonds is 4. The quantitative estimate of drug-likeness (QED) is 0.791. The van der Waals surface area contributed by atoms with E-state index in [-0.39, 0.29) is 11.8 Å². The number of carbonyl (C=O) groups is 1. The van der Waals surface area contributed by atoms with Crippen molar-refractivity contribution in [3.8, 4) is 0 Å². The zero-order chi connectivity index (χ0) is 14.8. The number of piperidine rings is 1. The monoisotopic (exact) mass is 326 g/mol. The molecular weight excluding hydrogens is 304 g/mol. The Bertz CT molecular complexity index is 498. The van der Waals surface area contributed by atoms with Crippen LogP contribution in [0.1, 0.15) is 42.3 Å². The van der Waals surface area contributed by atoms with Crippen LogP contribution in [0.3, 0.4) is 0 Å². The van der Waals surface area contributed by atoms with E-state index >= 15 is 0 Å². The van der Waals surface area contributed by atoms with Gasteiger partial charge in [0.25, 0.3) is 0 Å². The summed E-state index contributed by atoms with van der Waals surface area (Å²) in [5, 5.41) is 0. The van der Waals surface area contributed by atoms with E-state index in [4.69, 9.17) is 11.6 Å². The number of likely N-dealkylation sites (tertiary alicyclic amines) is 2. The van der Waals surface area contributed by atoms with Crippen LogP contribution in [-0.2, 0) is 0 Å². The third-order valence-electron chi connectivity index (χ3n) is 4.85. The minimum Gasteiger partial charge on any atom is -0.299 e. The fourth-order valence-electron chi connectivity index (χ4n) is 3.52. The van der Waals surface area contributed by atoms with E-state index in [1.54, 1.807) is 0 Å². The number of nitrogens with zero attached hydrogens (tertiary/aromatic N) is 2. The van der Waals surface area contributed by atoms with Crippen LogP contribution in [0.15, 0.2) is 12.1 Å². The first-order valence-corrected chi connectivity index (χ1v) is 9.12. The van der Waals surface area contributed by atoms with Crippen LogP contribution in [0.25, 0.3) is 0 Å². The van der Waals surface area contributed by atoms with Crippen LogP contribution in [0.2, 0.25) is 4.34 Å². The summed E-state index contributed by atoms with van der Waals surface area (Å²) < 4.78 is 0.693. The van der Waals surface area contributed by atoms with Gasteiger partial charge >= 0.3 is 0 Å². The maximum atomic E-state index is 12.5. The Kier molecular flexibility index (Phi) is 4.99. The number of Topliss-reactive ketones (excluding diaryl/α,β-unsaturated/α-hetero) is 1. The standard InChI is InChI=1S/C16H23ClN2OS/c1-12(16(20)14-5-6-15(17)21-14)19-10-7-13(11-19)18-8-3-2-4-9-18/h5-6,12-13H,2-4,7-11H2,1H3. The molecule has 0 amide bonds. The molecule has 3 heterocycles. The van der Waals surface area contributed by atoms with Gasteiger partial charge in [-0.05, 0) is 51.4 Å². The number of carbonyl (C=O) groups excluding carboxylic acids is 1. The minimum absolute atomic E-state index is 0.0329. The highest BCUT2D eigenvalue weighted by Crippen LogP contribution is 2.26. The molecule has 5 heteroatoms. The third-order valence-corrected chi connectivity index (χ3v) is 6.09. The van der Waals surface area contributed by atoms with Crippen LogP contribution < -0.4 is 0 Å². The lowest BCUT2D eigenvalue weighted by Crippen LogP contribution is -2.43. The number of hydrogen-bond acceptors (Lipinski definition) is 4. The topological polar surface area (TPSA) is 23.6 Å². The Morgan fingerprint density at radius 1 is 1.29 bits per heavy atom. The first-order valence-electron chi connectivity index (χ1n) is 7.93. The Balaban J connectivity index is 1.58. The summed E-state index contributed by atoms with van der Waals surface area (Å²) in [6, 6.07) is 4.28. The van der Waals surface area contributed by atoms with Gasteiger partial charge in [-0.1, -0.05) is 18.0 Å². The zero-order valence-corrected chi connectivity index (χ0v) is 14.1. The molecule has 0 N–H and O–H groups in total. The van der Waals surface area contributed by atoms with Gasteiger partial charge in [-0.2, -0.15) is 0 Å². The predicted octanol–water partition coefficient (Wildman–Crippen LogP) is 3.53. The molecular formula is C16H23ClN2OS. The Morgan fingerprint density at radius 2 is 2.05 bits per heavy atom. The van der Waals surface area contributed by atoms with Crippen molar-refractivity contribution in [2.45, 2.75) is 44.7 Å². The summed E-state index contributed by atoms with van der Waals surface area (Å²) in [6.45, 7) is 6.58. The molecule has 21 heavy (non-hydrogen) atoms. The molecule has 2 atom stereocenters. The molecule has 2 saturated heterocycles. The maximum absolute atomic E-state index is 12.5. The van der Waals surface area contributed by atoms with Crippen LogP contribution in [0.5, 0.6) is 0 Å². The van der Waals surface area contributed by atoms with Gasteiger partial charge in [0.05, 0.1) is 15.3 Å². The van der Waals surface area contributed by atoms with Crippen LogP contribution in [0.4, 0.5) is 0 Å². The fourth-order valence-corrected chi connectivity index (χ4v) is 4.59. The van der Waals surface area contributed by atoms with Gasteiger partial charge in [-0.15, -0.1) is 11.3 Å². The second-order valence-corrected chi connectivity index (χ2v) is 7.89. The SMILES string of the molecule is CC(C(=O)c1ccc(Cl)s1)N1CCC(N2CCCCC2)C1. The molecule has 2 aliphatic heterocycles. The molecule has 116 valence electrons. The minimum atomic E-state index is -0.0329. The lowest BCUT2D eigenvalue weighted by Gasteiger charge is -2.32. The van der Waals surface area contributed by atoms with Crippen molar-refractivity contribution in [3.63, 3.8) is 0 Å². The first kappa shape index (κ1) is 15.5. The predicted molar refractivity (Wildman–Crippen MR) is 88.5 cm³/mol. The van der Waals surface area contributed by atoms with E-state index in [1.807, 2.05) is 19.1 Å². The molecule has 2 fully saturated rings. The normalized spacial score (nSPS) is 26.1. The average Bonchev–Trinajstić information content (AvgIpc) is 3.16. The largest absolute Gasteiger partial charge is 0.299 e. The van der Waals surface area contributed by atoms with Gasteiger partial charge in [0.1, 0.15) is 0 Å². The van der Waals surface area contributed by atoms with Crippen molar-refractivity contribution in [2.24, 2.45) is 0 Å². The highest BCUT2D eigenvalue weighted by atomic mass is 35.5. The Morgan fingerprint density at radius 3 is 2.71 bits per heavy atom. The average molecular weight is 327 g/mol. The van der Waals surface area contributed by atoms with Crippen LogP contribution in [-0.4, -0.2) is 53.8 Å². The van der Waals surface area contributed by atoms with Gasteiger partial charge < -0.3 is 0 Å². The van der Waals surface area contributed by atoms with E-state index in [2.05, 4.69) is 9.80 Å². The van der Waals surface area contributed by atoms with E-state index in [1.165, 1.54) is 50.1 Å². The van der Waals surface area contributed by atoms with Crippen molar-refractivity contribution in [3.05, 3.63) is 21.3 Å². The molecule has 2 unspecified atom stereocenters. The van der Waals surface area contributed by atoms with E-state index in [0.717, 1.165) is 18.0 Å². The van der Waals surface area contributed by atoms with E-state index < -0.39 is 0 Å². The van der Waals surface area contributed by atoms with Crippen molar-refractivity contribution < 1.29 is 4.79 Å². The van der Waals surface area contributed by atoms with Gasteiger partial charge in [0.2, 0.25) is 0 Å². The van der Waals surface area contributed by atoms with Gasteiger partial charge in [0, 0.05) is 19.1 Å². The molecule has 3 rings (SSSR count). The summed E-state index contributed by atoms with van der Waals surface area (Å²) in [6.07, 6.45) is 5.24. The van der Waals surface area contributed by atoms with Crippen molar-refractivity contribution >= 4 is 28.7 Å². The molecule has 0 spiro atoms. The second-order valence-electron chi connectivity index (χ2n) is 6.18. The fraction of sp³-hybridized carbons (Fsp3) is 0.688. The van der Waals surface area contributed by atoms with Crippen molar-refractivity contribution in [1.82, 2.24) is 9.80 Å². The highest BCUT2D eigenvalue weighted by Gasteiger charge is 2.33. The lowest BCUT2D eigenvalue weighted by atomic mass is 10.1. The Labute approximate surface area is 135 Å². The van der Waals surface area contributed by atoms with Crippen molar-refractivity contribution in [1.29, 1.82) is 0 Å². The second kappa shape index (κ2) is 6.78. The molecule has 0 bridgehead atoms. The summed E-state index contributed by atoms with van der Waals surface area (Å²) in [4.78, 5) is 18.3. The van der Waals surface area contributed by atoms with E-state index in [0.29, 0.717) is 10.4 Å². The molecule has 0 aromatic carbocycles. The van der Waals surface area contributed by atoms with Crippen molar-refractivity contribution in [2.75, 3.05) is 26.2 Å².